The lowest BCUT2D eigenvalue weighted by molar-refractivity contribution is 0.0498. The van der Waals surface area contributed by atoms with Crippen molar-refractivity contribution in [2.45, 2.75) is 24.7 Å². The van der Waals surface area contributed by atoms with Crippen molar-refractivity contribution >= 4 is 23.0 Å². The Morgan fingerprint density at radius 1 is 1.46 bits per heavy atom. The van der Waals surface area contributed by atoms with Crippen LogP contribution in [0.25, 0.3) is 5.57 Å². The van der Waals surface area contributed by atoms with Gasteiger partial charge in [0.05, 0.1) is 28.6 Å². The number of nitrogens with one attached hydrogen (secondary N) is 1. The standard InChI is InChI=1S/C15H18N4O5/c1-5-9(16)12(21)8-6(4-24-14(17)22)15(23-2)13-7(18-13)3-19(15)10(8)11(5)20/h4,7,13,18,20-21H,3,16H2,1-2H3,(H2,17,22)/t7-,13-,15+/m1/s1. The zero-order valence-electron chi connectivity index (χ0n) is 13.2. The first kappa shape index (κ1) is 14.9. The van der Waals surface area contributed by atoms with Gasteiger partial charge in [-0.3, -0.25) is 0 Å². The Morgan fingerprint density at radius 3 is 2.79 bits per heavy atom. The van der Waals surface area contributed by atoms with Crippen LogP contribution in [0.3, 0.4) is 0 Å². The summed E-state index contributed by atoms with van der Waals surface area (Å²) in [6.07, 6.45) is 0.164. The summed E-state index contributed by atoms with van der Waals surface area (Å²) in [5.74, 6) is -0.229. The van der Waals surface area contributed by atoms with Crippen LogP contribution in [0.5, 0.6) is 11.5 Å². The average molecular weight is 334 g/mol. The Kier molecular flexibility index (Phi) is 2.77. The van der Waals surface area contributed by atoms with Crippen molar-refractivity contribution in [2.24, 2.45) is 5.73 Å². The predicted molar refractivity (Wildman–Crippen MR) is 85.4 cm³/mol. The van der Waals surface area contributed by atoms with Crippen molar-refractivity contribution in [1.29, 1.82) is 0 Å². The Bertz CT molecular complexity index is 808. The largest absolute Gasteiger partial charge is 0.505 e. The fourth-order valence-corrected chi connectivity index (χ4v) is 3.94. The van der Waals surface area contributed by atoms with E-state index in [0.29, 0.717) is 23.4 Å². The summed E-state index contributed by atoms with van der Waals surface area (Å²) < 4.78 is 10.7. The topological polar surface area (TPSA) is 153 Å². The van der Waals surface area contributed by atoms with Gasteiger partial charge >= 0.3 is 6.09 Å². The highest BCUT2D eigenvalue weighted by Gasteiger charge is 2.69. The number of piperazine rings is 1. The summed E-state index contributed by atoms with van der Waals surface area (Å²) in [6, 6.07) is 0.104. The summed E-state index contributed by atoms with van der Waals surface area (Å²) in [4.78, 5) is 12.9. The van der Waals surface area contributed by atoms with Gasteiger partial charge in [0.15, 0.2) is 5.72 Å². The van der Waals surface area contributed by atoms with Crippen molar-refractivity contribution < 1.29 is 24.5 Å². The minimum absolute atomic E-state index is 0.0366. The Hall–Kier alpha value is -2.65. The van der Waals surface area contributed by atoms with E-state index in [9.17, 15) is 15.0 Å². The number of phenolic OH excluding ortho intramolecular Hbond substituents is 2. The van der Waals surface area contributed by atoms with Crippen LogP contribution in [0.4, 0.5) is 16.2 Å². The second-order valence-corrected chi connectivity index (χ2v) is 6.19. The number of anilines is 2. The van der Waals surface area contributed by atoms with Gasteiger partial charge in [-0.25, -0.2) is 4.79 Å². The van der Waals surface area contributed by atoms with Gasteiger partial charge in [-0.2, -0.15) is 0 Å². The van der Waals surface area contributed by atoms with Crippen molar-refractivity contribution in [3.05, 3.63) is 17.4 Å². The van der Waals surface area contributed by atoms with E-state index in [1.807, 2.05) is 4.90 Å². The van der Waals surface area contributed by atoms with Crippen LogP contribution in [0.2, 0.25) is 0 Å². The van der Waals surface area contributed by atoms with E-state index >= 15 is 0 Å². The molecule has 4 rings (SSSR count). The third-order valence-electron chi connectivity index (χ3n) is 5.13. The third kappa shape index (κ3) is 1.53. The van der Waals surface area contributed by atoms with Crippen molar-refractivity contribution in [2.75, 3.05) is 24.3 Å². The molecule has 2 fully saturated rings. The number of amides is 1. The highest BCUT2D eigenvalue weighted by atomic mass is 16.5. The number of fused-ring (bicyclic) bond motifs is 5. The number of carbonyl (C=O) groups is 1. The van der Waals surface area contributed by atoms with E-state index in [4.69, 9.17) is 20.9 Å². The minimum atomic E-state index is -1.02. The minimum Gasteiger partial charge on any atom is -0.505 e. The maximum Gasteiger partial charge on any atom is 0.409 e. The lowest BCUT2D eigenvalue weighted by Gasteiger charge is -2.35. The normalized spacial score (nSPS) is 30.9. The van der Waals surface area contributed by atoms with Crippen LogP contribution in [-0.4, -0.2) is 47.8 Å². The Labute approximate surface area is 137 Å². The van der Waals surface area contributed by atoms with Crippen molar-refractivity contribution in [3.63, 3.8) is 0 Å². The van der Waals surface area contributed by atoms with Gasteiger partial charge < -0.3 is 41.4 Å². The van der Waals surface area contributed by atoms with E-state index in [1.165, 1.54) is 7.11 Å². The van der Waals surface area contributed by atoms with Gasteiger partial charge in [0.25, 0.3) is 0 Å². The van der Waals surface area contributed by atoms with Crippen LogP contribution >= 0.6 is 0 Å². The van der Waals surface area contributed by atoms with E-state index in [0.717, 1.165) is 6.26 Å². The first-order valence-corrected chi connectivity index (χ1v) is 7.44. The molecule has 0 saturated carbocycles. The first-order valence-electron chi connectivity index (χ1n) is 7.44. The van der Waals surface area contributed by atoms with Gasteiger partial charge in [-0.15, -0.1) is 0 Å². The highest BCUT2D eigenvalue weighted by molar-refractivity contribution is 6.00. The smallest absolute Gasteiger partial charge is 0.409 e. The molecule has 128 valence electrons. The van der Waals surface area contributed by atoms with Crippen LogP contribution in [0.15, 0.2) is 6.26 Å². The van der Waals surface area contributed by atoms with Gasteiger partial charge in [0.1, 0.15) is 17.8 Å². The summed E-state index contributed by atoms with van der Waals surface area (Å²) in [5.41, 5.74) is 11.5. The summed E-state index contributed by atoms with van der Waals surface area (Å²) in [7, 11) is 1.52. The first-order chi connectivity index (χ1) is 11.3. The number of nitrogens with two attached hydrogens (primary N) is 2. The van der Waals surface area contributed by atoms with Gasteiger partial charge in [-0.05, 0) is 6.92 Å². The molecule has 3 aliphatic rings. The number of hydrogen-bond acceptors (Lipinski definition) is 8. The number of aromatic hydroxyl groups is 2. The number of benzene rings is 1. The number of hydrogen-bond donors (Lipinski definition) is 5. The summed E-state index contributed by atoms with van der Waals surface area (Å²) in [6.45, 7) is 2.19. The lowest BCUT2D eigenvalue weighted by atomic mass is 9.94. The number of methoxy groups -OCH3 is 1. The van der Waals surface area contributed by atoms with Crippen molar-refractivity contribution in [3.8, 4) is 11.5 Å². The molecule has 0 spiro atoms. The number of phenols is 2. The molecule has 1 aromatic rings. The molecular formula is C15H18N4O5. The quantitative estimate of drug-likeness (QED) is 0.166. The molecule has 3 aliphatic heterocycles. The maximum atomic E-state index is 11.1. The second kappa shape index (κ2) is 4.46. The fourth-order valence-electron chi connectivity index (χ4n) is 3.94. The monoisotopic (exact) mass is 334 g/mol. The number of rotatable bonds is 2. The van der Waals surface area contributed by atoms with Crippen molar-refractivity contribution in [1.82, 2.24) is 5.32 Å². The Morgan fingerprint density at radius 2 is 2.17 bits per heavy atom. The number of nitrogens with zero attached hydrogens (tertiary/aromatic N) is 1. The molecule has 2 saturated heterocycles. The fraction of sp³-hybridized carbons (Fsp3) is 0.400. The predicted octanol–water partition coefficient (Wildman–Crippen LogP) is -0.0587. The SMILES string of the molecule is CO[C@]12C(=COC(N)=O)c3c(O)c(N)c(C)c(O)c3N1C[C@H]1N[C@H]12. The molecule has 1 aromatic carbocycles. The molecular weight excluding hydrogens is 316 g/mol. The van der Waals surface area contributed by atoms with E-state index in [-0.39, 0.29) is 34.8 Å². The summed E-state index contributed by atoms with van der Waals surface area (Å²) >= 11 is 0. The molecule has 0 radical (unpaired) electrons. The van der Waals surface area contributed by atoms with Gasteiger partial charge in [-0.1, -0.05) is 0 Å². The van der Waals surface area contributed by atoms with Crippen LogP contribution in [0, 0.1) is 6.92 Å². The second-order valence-electron chi connectivity index (χ2n) is 6.19. The van der Waals surface area contributed by atoms with Crippen LogP contribution < -0.4 is 21.7 Å². The molecule has 0 bridgehead atoms. The molecule has 0 aromatic heterocycles. The number of ether oxygens (including phenoxy) is 2. The number of nitrogen functional groups attached to an aromatic ring is 1. The van der Waals surface area contributed by atoms with Gasteiger partial charge in [0.2, 0.25) is 0 Å². The van der Waals surface area contributed by atoms with Crippen LogP contribution in [-0.2, 0) is 9.47 Å². The molecule has 24 heavy (non-hydrogen) atoms. The Balaban J connectivity index is 2.02. The number of carbonyl (C=O) groups excluding carboxylic acids is 1. The molecule has 0 unspecified atom stereocenters. The lowest BCUT2D eigenvalue weighted by Crippen LogP contribution is -2.50. The van der Waals surface area contributed by atoms with Gasteiger partial charge in [0, 0.05) is 25.3 Å². The van der Waals surface area contributed by atoms with Crippen LogP contribution in [0.1, 0.15) is 11.1 Å². The zero-order valence-corrected chi connectivity index (χ0v) is 13.2. The average Bonchev–Trinajstić information content (AvgIpc) is 3.16. The van der Waals surface area contributed by atoms with E-state index in [1.54, 1.807) is 6.92 Å². The third-order valence-corrected chi connectivity index (χ3v) is 5.13. The van der Waals surface area contributed by atoms with E-state index in [2.05, 4.69) is 5.32 Å². The van der Waals surface area contributed by atoms with E-state index < -0.39 is 11.8 Å². The molecule has 3 atom stereocenters. The molecule has 9 nitrogen and oxygen atoms in total. The maximum absolute atomic E-state index is 11.1. The summed E-state index contributed by atoms with van der Waals surface area (Å²) in [5, 5.41) is 24.5. The number of primary amides is 1. The molecule has 0 aliphatic carbocycles. The zero-order chi connectivity index (χ0) is 17.4. The highest BCUT2D eigenvalue weighted by Crippen LogP contribution is 2.62. The molecule has 9 heteroatoms. The molecule has 3 heterocycles. The molecule has 1 amide bonds. The molecule has 7 N–H and O–H groups in total.